The summed E-state index contributed by atoms with van der Waals surface area (Å²) in [6.45, 7) is -0.679. The SMILES string of the molecule is CNC(=O)[C@H](Cc1ccccc1)N(Cc1c(Cl)cccc1Cl)C(=O)CN(c1ccccc1)S(=O)(=O)c1ccccc1. The largest absolute Gasteiger partial charge is 0.357 e. The number of hydrogen-bond donors (Lipinski definition) is 1. The van der Waals surface area contributed by atoms with E-state index in [-0.39, 0.29) is 17.9 Å². The lowest BCUT2D eigenvalue weighted by Gasteiger charge is -2.34. The van der Waals surface area contributed by atoms with E-state index in [2.05, 4.69) is 5.32 Å². The number of nitrogens with zero attached hydrogens (tertiary/aromatic N) is 2. The number of carbonyl (C=O) groups is 2. The molecule has 0 fully saturated rings. The normalized spacial score (nSPS) is 11.9. The maximum absolute atomic E-state index is 14.2. The van der Waals surface area contributed by atoms with Crippen molar-refractivity contribution < 1.29 is 18.0 Å². The molecule has 0 radical (unpaired) electrons. The number of nitrogens with one attached hydrogen (secondary N) is 1. The van der Waals surface area contributed by atoms with E-state index >= 15 is 0 Å². The van der Waals surface area contributed by atoms with E-state index in [0.717, 1.165) is 9.87 Å². The summed E-state index contributed by atoms with van der Waals surface area (Å²) in [6.07, 6.45) is 0.186. The molecule has 1 N–H and O–H groups in total. The zero-order chi connectivity index (χ0) is 29.4. The minimum absolute atomic E-state index is 0.0319. The van der Waals surface area contributed by atoms with Crippen molar-refractivity contribution in [2.75, 3.05) is 17.9 Å². The molecule has 212 valence electrons. The second-order valence-electron chi connectivity index (χ2n) is 9.20. The first-order chi connectivity index (χ1) is 19.7. The van der Waals surface area contributed by atoms with Crippen molar-refractivity contribution in [1.29, 1.82) is 0 Å². The number of halogens is 2. The van der Waals surface area contributed by atoms with Gasteiger partial charge in [-0.1, -0.05) is 96.0 Å². The molecule has 0 aliphatic rings. The van der Waals surface area contributed by atoms with E-state index in [1.807, 2.05) is 30.3 Å². The Balaban J connectivity index is 1.80. The van der Waals surface area contributed by atoms with E-state index in [4.69, 9.17) is 23.2 Å². The predicted molar refractivity (Wildman–Crippen MR) is 162 cm³/mol. The van der Waals surface area contributed by atoms with Crippen LogP contribution in [0.1, 0.15) is 11.1 Å². The average molecular weight is 611 g/mol. The second-order valence-corrected chi connectivity index (χ2v) is 11.9. The lowest BCUT2D eigenvalue weighted by Crippen LogP contribution is -2.53. The fourth-order valence-corrected chi connectivity index (χ4v) is 6.37. The van der Waals surface area contributed by atoms with Crippen molar-refractivity contribution in [3.05, 3.63) is 130 Å². The summed E-state index contributed by atoms with van der Waals surface area (Å²) in [4.78, 5) is 28.9. The summed E-state index contributed by atoms with van der Waals surface area (Å²) in [5, 5.41) is 3.29. The first-order valence-electron chi connectivity index (χ1n) is 12.8. The molecule has 0 bridgehead atoms. The maximum Gasteiger partial charge on any atom is 0.264 e. The van der Waals surface area contributed by atoms with Gasteiger partial charge in [0.25, 0.3) is 10.0 Å². The summed E-state index contributed by atoms with van der Waals surface area (Å²) in [7, 11) is -2.66. The molecule has 1 atom stereocenters. The van der Waals surface area contributed by atoms with Gasteiger partial charge < -0.3 is 10.2 Å². The molecular formula is C31H29Cl2N3O4S. The number of sulfonamides is 1. The number of rotatable bonds is 11. The number of para-hydroxylation sites is 1. The smallest absolute Gasteiger partial charge is 0.264 e. The van der Waals surface area contributed by atoms with E-state index in [1.54, 1.807) is 66.7 Å². The number of likely N-dealkylation sites (N-methyl/N-ethyl adjacent to an activating group) is 1. The van der Waals surface area contributed by atoms with Gasteiger partial charge in [-0.15, -0.1) is 0 Å². The average Bonchev–Trinajstić information content (AvgIpc) is 2.99. The number of amides is 2. The molecule has 2 amide bonds. The molecule has 41 heavy (non-hydrogen) atoms. The lowest BCUT2D eigenvalue weighted by atomic mass is 10.0. The van der Waals surface area contributed by atoms with Crippen LogP contribution in [0.25, 0.3) is 0 Å². The van der Waals surface area contributed by atoms with Crippen LogP contribution in [0.3, 0.4) is 0 Å². The van der Waals surface area contributed by atoms with Crippen molar-refractivity contribution in [3.8, 4) is 0 Å². The summed E-state index contributed by atoms with van der Waals surface area (Å²) < 4.78 is 28.7. The third-order valence-electron chi connectivity index (χ3n) is 6.56. The predicted octanol–water partition coefficient (Wildman–Crippen LogP) is 5.57. The highest BCUT2D eigenvalue weighted by molar-refractivity contribution is 7.92. The molecule has 0 aliphatic carbocycles. The van der Waals surface area contributed by atoms with E-state index in [9.17, 15) is 18.0 Å². The lowest BCUT2D eigenvalue weighted by molar-refractivity contribution is -0.139. The summed E-state index contributed by atoms with van der Waals surface area (Å²) in [5.74, 6) is -1.02. The highest BCUT2D eigenvalue weighted by Crippen LogP contribution is 2.29. The summed E-state index contributed by atoms with van der Waals surface area (Å²) in [6, 6.07) is 29.5. The quantitative estimate of drug-likeness (QED) is 0.241. The van der Waals surface area contributed by atoms with Crippen molar-refractivity contribution in [2.24, 2.45) is 0 Å². The Bertz CT molecular complexity index is 1570. The first-order valence-corrected chi connectivity index (χ1v) is 15.0. The maximum atomic E-state index is 14.2. The minimum atomic E-state index is -4.15. The fourth-order valence-electron chi connectivity index (χ4n) is 4.42. The molecule has 0 aromatic heterocycles. The van der Waals surface area contributed by atoms with E-state index < -0.39 is 34.4 Å². The van der Waals surface area contributed by atoms with Crippen molar-refractivity contribution in [3.63, 3.8) is 0 Å². The van der Waals surface area contributed by atoms with Crippen LogP contribution in [0.4, 0.5) is 5.69 Å². The van der Waals surface area contributed by atoms with Crippen LogP contribution in [0, 0.1) is 0 Å². The fraction of sp³-hybridized carbons (Fsp3) is 0.161. The standard InChI is InChI=1S/C31H29Cl2N3O4S/c1-34-31(38)29(20-23-12-5-2-6-13-23)35(21-26-27(32)18-11-19-28(26)33)30(37)22-36(24-14-7-3-8-15-24)41(39,40)25-16-9-4-10-17-25/h2-19,29H,20-22H2,1H3,(H,34,38)/t29-/m0/s1. The van der Waals surface area contributed by atoms with Gasteiger partial charge in [-0.2, -0.15) is 0 Å². The van der Waals surface area contributed by atoms with Gasteiger partial charge in [0.05, 0.1) is 10.6 Å². The number of benzene rings is 4. The summed E-state index contributed by atoms with van der Waals surface area (Å²) in [5.41, 5.74) is 1.57. The molecule has 0 saturated heterocycles. The topological polar surface area (TPSA) is 86.8 Å². The van der Waals surface area contributed by atoms with Gasteiger partial charge in [0.1, 0.15) is 12.6 Å². The molecule has 10 heteroatoms. The van der Waals surface area contributed by atoms with Gasteiger partial charge >= 0.3 is 0 Å². The highest BCUT2D eigenvalue weighted by Gasteiger charge is 2.34. The van der Waals surface area contributed by atoms with Crippen LogP contribution in [-0.4, -0.2) is 44.8 Å². The van der Waals surface area contributed by atoms with Crippen LogP contribution in [-0.2, 0) is 32.6 Å². The van der Waals surface area contributed by atoms with Gasteiger partial charge in [-0.25, -0.2) is 8.42 Å². The molecule has 0 saturated carbocycles. The molecule has 0 unspecified atom stereocenters. The van der Waals surface area contributed by atoms with Crippen molar-refractivity contribution in [1.82, 2.24) is 10.2 Å². The van der Waals surface area contributed by atoms with E-state index in [1.165, 1.54) is 24.1 Å². The molecule has 4 rings (SSSR count). The Hall–Kier alpha value is -3.85. The zero-order valence-corrected chi connectivity index (χ0v) is 24.6. The Morgan fingerprint density at radius 3 is 1.88 bits per heavy atom. The Morgan fingerprint density at radius 2 is 1.32 bits per heavy atom. The van der Waals surface area contributed by atoms with Gasteiger partial charge in [0, 0.05) is 35.6 Å². The zero-order valence-electron chi connectivity index (χ0n) is 22.3. The third-order valence-corrected chi connectivity index (χ3v) is 9.06. The molecule has 0 heterocycles. The van der Waals surface area contributed by atoms with Gasteiger partial charge in [-0.3, -0.25) is 13.9 Å². The molecular weight excluding hydrogens is 581 g/mol. The third kappa shape index (κ3) is 7.27. The Morgan fingerprint density at radius 1 is 0.780 bits per heavy atom. The monoisotopic (exact) mass is 609 g/mol. The van der Waals surface area contributed by atoms with Crippen LogP contribution >= 0.6 is 23.2 Å². The molecule has 7 nitrogen and oxygen atoms in total. The van der Waals surface area contributed by atoms with Crippen LogP contribution in [0.2, 0.25) is 10.0 Å². The highest BCUT2D eigenvalue weighted by atomic mass is 35.5. The molecule has 0 spiro atoms. The number of hydrogen-bond acceptors (Lipinski definition) is 4. The molecule has 4 aromatic carbocycles. The molecule has 4 aromatic rings. The van der Waals surface area contributed by atoms with Crippen molar-refractivity contribution >= 4 is 50.7 Å². The van der Waals surface area contributed by atoms with Gasteiger partial charge in [-0.05, 0) is 42.0 Å². The second kappa shape index (κ2) is 13.7. The summed E-state index contributed by atoms with van der Waals surface area (Å²) >= 11 is 13.0. The van der Waals surface area contributed by atoms with Crippen LogP contribution < -0.4 is 9.62 Å². The van der Waals surface area contributed by atoms with Crippen molar-refractivity contribution in [2.45, 2.75) is 23.9 Å². The van der Waals surface area contributed by atoms with Crippen LogP contribution in [0.15, 0.2) is 114 Å². The van der Waals surface area contributed by atoms with Gasteiger partial charge in [0.15, 0.2) is 0 Å². The first kappa shape index (κ1) is 30.1. The van der Waals surface area contributed by atoms with Gasteiger partial charge in [0.2, 0.25) is 11.8 Å². The molecule has 0 aliphatic heterocycles. The Kier molecular flexibility index (Phi) is 10.0. The van der Waals surface area contributed by atoms with E-state index in [0.29, 0.717) is 21.3 Å². The number of carbonyl (C=O) groups excluding carboxylic acids is 2. The number of anilines is 1. The minimum Gasteiger partial charge on any atom is -0.357 e. The Labute approximate surface area is 250 Å². The van der Waals surface area contributed by atoms with Crippen LogP contribution in [0.5, 0.6) is 0 Å².